The minimum Gasteiger partial charge on any atom is -0.491 e. The van der Waals surface area contributed by atoms with Gasteiger partial charge in [-0.1, -0.05) is 18.2 Å². The fourth-order valence-corrected chi connectivity index (χ4v) is 4.92. The molecule has 9 nitrogen and oxygen atoms in total. The zero-order valence-electron chi connectivity index (χ0n) is 21.8. The minimum absolute atomic E-state index is 0.0787. The van der Waals surface area contributed by atoms with Crippen molar-refractivity contribution in [1.29, 1.82) is 0 Å². The van der Waals surface area contributed by atoms with Crippen LogP contribution in [0, 0.1) is 5.92 Å². The van der Waals surface area contributed by atoms with Crippen molar-refractivity contribution >= 4 is 22.3 Å². The van der Waals surface area contributed by atoms with Crippen molar-refractivity contribution in [3.63, 3.8) is 0 Å². The smallest absolute Gasteiger partial charge is 0.261 e. The number of benzene rings is 3. The van der Waals surface area contributed by atoms with E-state index in [0.29, 0.717) is 40.3 Å². The second-order valence-corrected chi connectivity index (χ2v) is 9.59. The Kier molecular flexibility index (Phi) is 8.72. The molecule has 39 heavy (non-hydrogen) atoms. The van der Waals surface area contributed by atoms with Gasteiger partial charge in [-0.15, -0.1) is 0 Å². The number of hydrogen-bond donors (Lipinski definition) is 4. The maximum absolute atomic E-state index is 14.1. The van der Waals surface area contributed by atoms with Gasteiger partial charge < -0.3 is 30.3 Å². The van der Waals surface area contributed by atoms with Crippen molar-refractivity contribution in [1.82, 2.24) is 14.9 Å². The molecule has 1 aliphatic rings. The van der Waals surface area contributed by atoms with E-state index in [9.17, 15) is 9.90 Å². The van der Waals surface area contributed by atoms with E-state index in [-0.39, 0.29) is 37.9 Å². The first kappa shape index (κ1) is 26.7. The molecule has 3 aromatic carbocycles. The van der Waals surface area contributed by atoms with Crippen LogP contribution in [0.5, 0.6) is 11.5 Å². The minimum atomic E-state index is -0.163. The molecule has 5 rings (SSSR count). The Morgan fingerprint density at radius 3 is 2.56 bits per heavy atom. The molecule has 0 spiro atoms. The summed E-state index contributed by atoms with van der Waals surface area (Å²) in [6.07, 6.45) is 2.08. The number of nitrogens with one attached hydrogen (secondary N) is 2. The van der Waals surface area contributed by atoms with Crippen LogP contribution in [0.4, 0.5) is 11.4 Å². The molecule has 1 unspecified atom stereocenters. The molecule has 1 atom stereocenters. The molecule has 204 valence electrons. The Balaban J connectivity index is 1.62. The third-order valence-electron chi connectivity index (χ3n) is 6.76. The zero-order valence-corrected chi connectivity index (χ0v) is 21.8. The summed E-state index contributed by atoms with van der Waals surface area (Å²) in [5, 5.41) is 25.9. The number of para-hydroxylation sites is 1. The van der Waals surface area contributed by atoms with E-state index in [1.165, 1.54) is 0 Å². The Morgan fingerprint density at radius 1 is 0.974 bits per heavy atom. The zero-order chi connectivity index (χ0) is 27.0. The van der Waals surface area contributed by atoms with Gasteiger partial charge in [0, 0.05) is 24.0 Å². The Morgan fingerprint density at radius 2 is 1.79 bits per heavy atom. The van der Waals surface area contributed by atoms with Gasteiger partial charge in [-0.25, -0.2) is 4.98 Å². The lowest BCUT2D eigenvalue weighted by Gasteiger charge is -2.25. The quantitative estimate of drug-likeness (QED) is 0.233. The molecule has 0 amide bonds. The number of fused-ring (bicyclic) bond motifs is 1. The standard InChI is InChI=1S/C30H34N4O5/c35-13-15-38-24-9-10-25(28(18-24)39-16-14-36)29-33-27-11-8-23(32-22-6-2-1-3-7-22)17-26(27)30(37)34(29)20-21-5-4-12-31-19-21/h1-3,6-11,17-18,21,31-32,35-36H,4-5,12-16,19-20H2. The summed E-state index contributed by atoms with van der Waals surface area (Å²) < 4.78 is 13.2. The molecule has 0 bridgehead atoms. The van der Waals surface area contributed by atoms with E-state index in [2.05, 4.69) is 10.6 Å². The number of piperidine rings is 1. The topological polar surface area (TPSA) is 118 Å². The predicted octanol–water partition coefficient (Wildman–Crippen LogP) is 3.55. The van der Waals surface area contributed by atoms with E-state index >= 15 is 0 Å². The van der Waals surface area contributed by atoms with Crippen LogP contribution in [-0.2, 0) is 6.54 Å². The van der Waals surface area contributed by atoms with E-state index in [1.54, 1.807) is 16.7 Å². The van der Waals surface area contributed by atoms with Crippen LogP contribution in [0.1, 0.15) is 12.8 Å². The largest absolute Gasteiger partial charge is 0.491 e. The first-order chi connectivity index (χ1) is 19.2. The molecule has 0 radical (unpaired) electrons. The van der Waals surface area contributed by atoms with Gasteiger partial charge in [0.2, 0.25) is 0 Å². The van der Waals surface area contributed by atoms with Gasteiger partial charge in [0.25, 0.3) is 5.56 Å². The van der Waals surface area contributed by atoms with E-state index < -0.39 is 0 Å². The molecule has 0 aliphatic carbocycles. The maximum atomic E-state index is 14.1. The van der Waals surface area contributed by atoms with Gasteiger partial charge >= 0.3 is 0 Å². The van der Waals surface area contributed by atoms with Crippen LogP contribution in [0.15, 0.2) is 71.5 Å². The SMILES string of the molecule is O=c1c2cc(Nc3ccccc3)ccc2nc(-c2ccc(OCCO)cc2OCCO)n1CC1CCCNC1. The molecule has 1 fully saturated rings. The van der Waals surface area contributed by atoms with Crippen molar-refractivity contribution in [2.24, 2.45) is 5.92 Å². The first-order valence-corrected chi connectivity index (χ1v) is 13.4. The summed E-state index contributed by atoms with van der Waals surface area (Å²) in [5.74, 6) is 1.75. The lowest BCUT2D eigenvalue weighted by atomic mass is 9.99. The van der Waals surface area contributed by atoms with Gasteiger partial charge in [-0.2, -0.15) is 0 Å². The fourth-order valence-electron chi connectivity index (χ4n) is 4.92. The number of aliphatic hydroxyl groups is 2. The molecule has 9 heteroatoms. The Labute approximate surface area is 227 Å². The van der Waals surface area contributed by atoms with Crippen molar-refractivity contribution < 1.29 is 19.7 Å². The lowest BCUT2D eigenvalue weighted by Crippen LogP contribution is -2.35. The molecule has 4 aromatic rings. The summed E-state index contributed by atoms with van der Waals surface area (Å²) >= 11 is 0. The normalized spacial score (nSPS) is 15.3. The van der Waals surface area contributed by atoms with Gasteiger partial charge in [-0.3, -0.25) is 9.36 Å². The summed E-state index contributed by atoms with van der Waals surface area (Å²) in [5.41, 5.74) is 2.84. The molecule has 2 heterocycles. The highest BCUT2D eigenvalue weighted by Gasteiger charge is 2.22. The third-order valence-corrected chi connectivity index (χ3v) is 6.76. The lowest BCUT2D eigenvalue weighted by molar-refractivity contribution is 0.195. The number of anilines is 2. The highest BCUT2D eigenvalue weighted by Crippen LogP contribution is 2.34. The van der Waals surface area contributed by atoms with E-state index in [1.807, 2.05) is 54.6 Å². The van der Waals surface area contributed by atoms with Crippen LogP contribution < -0.4 is 25.7 Å². The van der Waals surface area contributed by atoms with Crippen molar-refractivity contribution in [3.8, 4) is 22.9 Å². The predicted molar refractivity (Wildman–Crippen MR) is 152 cm³/mol. The van der Waals surface area contributed by atoms with Crippen molar-refractivity contribution in [3.05, 3.63) is 77.1 Å². The highest BCUT2D eigenvalue weighted by atomic mass is 16.5. The summed E-state index contributed by atoms with van der Waals surface area (Å²) in [7, 11) is 0. The molecule has 1 aromatic heterocycles. The fraction of sp³-hybridized carbons (Fsp3) is 0.333. The number of rotatable bonds is 11. The van der Waals surface area contributed by atoms with Gasteiger partial charge in [0.1, 0.15) is 30.5 Å². The number of hydrogen-bond acceptors (Lipinski definition) is 8. The molecular formula is C30H34N4O5. The number of ether oxygens (including phenoxy) is 2. The van der Waals surface area contributed by atoms with Crippen LogP contribution in [0.3, 0.4) is 0 Å². The maximum Gasteiger partial charge on any atom is 0.261 e. The van der Waals surface area contributed by atoms with Crippen LogP contribution >= 0.6 is 0 Å². The monoisotopic (exact) mass is 530 g/mol. The summed E-state index contributed by atoms with van der Waals surface area (Å²) in [4.78, 5) is 19.0. The van der Waals surface area contributed by atoms with Crippen molar-refractivity contribution in [2.45, 2.75) is 19.4 Å². The average molecular weight is 531 g/mol. The molecule has 4 N–H and O–H groups in total. The van der Waals surface area contributed by atoms with Gasteiger partial charge in [0.05, 0.1) is 29.7 Å². The van der Waals surface area contributed by atoms with E-state index in [4.69, 9.17) is 19.6 Å². The first-order valence-electron chi connectivity index (χ1n) is 13.4. The molecule has 0 saturated carbocycles. The second-order valence-electron chi connectivity index (χ2n) is 9.59. The second kappa shape index (κ2) is 12.8. The number of aromatic nitrogens is 2. The Bertz CT molecular complexity index is 1450. The summed E-state index contributed by atoms with van der Waals surface area (Å²) in [6.45, 7) is 2.28. The Hall–Kier alpha value is -3.92. The molecule has 1 saturated heterocycles. The van der Waals surface area contributed by atoms with Crippen LogP contribution in [0.25, 0.3) is 22.3 Å². The highest BCUT2D eigenvalue weighted by molar-refractivity contribution is 5.85. The van der Waals surface area contributed by atoms with E-state index in [0.717, 1.165) is 37.3 Å². The van der Waals surface area contributed by atoms with Gasteiger partial charge in [-0.05, 0) is 74.3 Å². The molecule has 1 aliphatic heterocycles. The number of aliphatic hydroxyl groups excluding tert-OH is 2. The number of nitrogens with zero attached hydrogens (tertiary/aromatic N) is 2. The summed E-state index contributed by atoms with van der Waals surface area (Å²) in [6, 6.07) is 20.7. The molecular weight excluding hydrogens is 496 g/mol. The third kappa shape index (κ3) is 6.39. The van der Waals surface area contributed by atoms with Crippen LogP contribution in [0.2, 0.25) is 0 Å². The van der Waals surface area contributed by atoms with Crippen molar-refractivity contribution in [2.75, 3.05) is 44.8 Å². The average Bonchev–Trinajstić information content (AvgIpc) is 2.98. The van der Waals surface area contributed by atoms with Crippen LogP contribution in [-0.4, -0.2) is 59.3 Å². The van der Waals surface area contributed by atoms with Gasteiger partial charge in [0.15, 0.2) is 0 Å².